The summed E-state index contributed by atoms with van der Waals surface area (Å²) in [6, 6.07) is 0. The monoisotopic (exact) mass is 411 g/mol. The fourth-order valence-corrected chi connectivity index (χ4v) is 1.90. The Hall–Kier alpha value is 0.270. The summed E-state index contributed by atoms with van der Waals surface area (Å²) in [5.74, 6) is 0.139. The molecule has 2 nitrogen and oxygen atoms in total. The van der Waals surface area contributed by atoms with Gasteiger partial charge in [0.1, 0.15) is 9.45 Å². The molecule has 0 bridgehead atoms. The molecule has 0 aliphatic rings. The number of methoxy groups -OCH3 is 1. The molecule has 0 radical (unpaired) electrons. The lowest BCUT2D eigenvalue weighted by atomic mass is 10.2. The van der Waals surface area contributed by atoms with E-state index in [1.807, 2.05) is 45.2 Å². The SMILES string of the molecule is COc1cnc(I)c(I)c1C(F)F. The lowest BCUT2D eigenvalue weighted by molar-refractivity contribution is 0.145. The maximum absolute atomic E-state index is 12.5. The highest BCUT2D eigenvalue weighted by atomic mass is 127. The first-order chi connectivity index (χ1) is 6.07. The van der Waals surface area contributed by atoms with Crippen LogP contribution in [-0.2, 0) is 0 Å². The van der Waals surface area contributed by atoms with Gasteiger partial charge in [-0.05, 0) is 45.2 Å². The Morgan fingerprint density at radius 3 is 2.54 bits per heavy atom. The van der Waals surface area contributed by atoms with Crippen LogP contribution in [-0.4, -0.2) is 12.1 Å². The molecule has 0 spiro atoms. The number of aromatic nitrogens is 1. The Balaban J connectivity index is 3.32. The van der Waals surface area contributed by atoms with Crippen LogP contribution in [0.1, 0.15) is 12.0 Å². The summed E-state index contributed by atoms with van der Waals surface area (Å²) in [6.07, 6.45) is -1.22. The van der Waals surface area contributed by atoms with E-state index in [4.69, 9.17) is 4.74 Å². The van der Waals surface area contributed by atoms with E-state index in [-0.39, 0.29) is 11.3 Å². The second-order valence-electron chi connectivity index (χ2n) is 2.15. The van der Waals surface area contributed by atoms with E-state index in [2.05, 4.69) is 4.98 Å². The molecule has 0 aliphatic heterocycles. The van der Waals surface area contributed by atoms with Crippen molar-refractivity contribution in [3.05, 3.63) is 19.0 Å². The van der Waals surface area contributed by atoms with Gasteiger partial charge in [0.2, 0.25) is 0 Å². The second kappa shape index (κ2) is 4.67. The van der Waals surface area contributed by atoms with Gasteiger partial charge in [-0.3, -0.25) is 0 Å². The molecule has 13 heavy (non-hydrogen) atoms. The van der Waals surface area contributed by atoms with Gasteiger partial charge in [0, 0.05) is 0 Å². The number of rotatable bonds is 2. The Kier molecular flexibility index (Phi) is 4.07. The zero-order chi connectivity index (χ0) is 10.0. The third-order valence-corrected chi connectivity index (χ3v) is 4.36. The van der Waals surface area contributed by atoms with Crippen LogP contribution >= 0.6 is 45.2 Å². The molecular formula is C7H5F2I2NO. The van der Waals surface area contributed by atoms with Crippen LogP contribution in [0.15, 0.2) is 6.20 Å². The standard InChI is InChI=1S/C7H5F2I2NO/c1-13-3-2-12-7(11)5(10)4(3)6(8)9/h2,6H,1H3. The fraction of sp³-hybridized carbons (Fsp3) is 0.286. The molecule has 6 heteroatoms. The molecule has 0 N–H and O–H groups in total. The Labute approximate surface area is 101 Å². The quantitative estimate of drug-likeness (QED) is 0.551. The smallest absolute Gasteiger partial charge is 0.268 e. The summed E-state index contributed by atoms with van der Waals surface area (Å²) in [7, 11) is 1.35. The first-order valence-electron chi connectivity index (χ1n) is 3.24. The maximum Gasteiger partial charge on any atom is 0.268 e. The predicted octanol–water partition coefficient (Wildman–Crippen LogP) is 3.24. The predicted molar refractivity (Wildman–Crippen MR) is 61.2 cm³/mol. The van der Waals surface area contributed by atoms with Gasteiger partial charge in [-0.25, -0.2) is 13.8 Å². The summed E-state index contributed by atoms with van der Waals surface area (Å²) < 4.78 is 30.9. The van der Waals surface area contributed by atoms with E-state index in [0.717, 1.165) is 0 Å². The number of nitrogens with zero attached hydrogens (tertiary/aromatic N) is 1. The first-order valence-corrected chi connectivity index (χ1v) is 5.39. The van der Waals surface area contributed by atoms with Gasteiger partial charge in [0.05, 0.1) is 22.4 Å². The number of hydrogen-bond acceptors (Lipinski definition) is 2. The van der Waals surface area contributed by atoms with Crippen molar-refractivity contribution in [2.75, 3.05) is 7.11 Å². The molecule has 1 heterocycles. The van der Waals surface area contributed by atoms with E-state index in [1.165, 1.54) is 13.3 Å². The Morgan fingerprint density at radius 1 is 1.46 bits per heavy atom. The van der Waals surface area contributed by atoms with Crippen molar-refractivity contribution in [1.82, 2.24) is 4.98 Å². The van der Waals surface area contributed by atoms with Gasteiger partial charge < -0.3 is 4.74 Å². The molecule has 72 valence electrons. The molecule has 0 saturated carbocycles. The van der Waals surface area contributed by atoms with Crippen LogP contribution in [0.2, 0.25) is 0 Å². The number of ether oxygens (including phenoxy) is 1. The lowest BCUT2D eigenvalue weighted by Gasteiger charge is -2.09. The zero-order valence-electron chi connectivity index (χ0n) is 6.52. The average molecular weight is 411 g/mol. The summed E-state index contributed by atoms with van der Waals surface area (Å²) in [6.45, 7) is 0. The van der Waals surface area contributed by atoms with Gasteiger partial charge in [0.25, 0.3) is 6.43 Å². The Bertz CT molecular complexity index is 320. The Morgan fingerprint density at radius 2 is 2.08 bits per heavy atom. The summed E-state index contributed by atoms with van der Waals surface area (Å²) in [4.78, 5) is 3.91. The van der Waals surface area contributed by atoms with Crippen LogP contribution < -0.4 is 4.74 Å². The van der Waals surface area contributed by atoms with Crippen LogP contribution in [0.5, 0.6) is 5.75 Å². The molecule has 1 aromatic rings. The number of pyridine rings is 1. The molecule has 0 fully saturated rings. The zero-order valence-corrected chi connectivity index (χ0v) is 10.8. The van der Waals surface area contributed by atoms with E-state index < -0.39 is 6.43 Å². The molecule has 0 saturated heterocycles. The number of hydrogen-bond donors (Lipinski definition) is 0. The second-order valence-corrected chi connectivity index (χ2v) is 4.25. The molecular weight excluding hydrogens is 406 g/mol. The lowest BCUT2D eigenvalue weighted by Crippen LogP contribution is -2.00. The average Bonchev–Trinajstić information content (AvgIpc) is 2.08. The summed E-state index contributed by atoms with van der Waals surface area (Å²) >= 11 is 3.75. The highest BCUT2D eigenvalue weighted by Crippen LogP contribution is 2.34. The molecule has 1 aromatic heterocycles. The van der Waals surface area contributed by atoms with Crippen LogP contribution in [0.4, 0.5) is 8.78 Å². The molecule has 0 aromatic carbocycles. The van der Waals surface area contributed by atoms with Gasteiger partial charge in [0.15, 0.2) is 0 Å². The minimum atomic E-state index is -2.53. The van der Waals surface area contributed by atoms with Crippen molar-refractivity contribution in [2.45, 2.75) is 6.43 Å². The van der Waals surface area contributed by atoms with Gasteiger partial charge in [-0.2, -0.15) is 0 Å². The van der Waals surface area contributed by atoms with Crippen molar-refractivity contribution in [2.24, 2.45) is 0 Å². The normalized spacial score (nSPS) is 10.6. The van der Waals surface area contributed by atoms with E-state index >= 15 is 0 Å². The number of halogens is 4. The van der Waals surface area contributed by atoms with E-state index in [0.29, 0.717) is 7.27 Å². The van der Waals surface area contributed by atoms with E-state index in [9.17, 15) is 8.78 Å². The molecule has 0 atom stereocenters. The van der Waals surface area contributed by atoms with Crippen molar-refractivity contribution in [3.63, 3.8) is 0 Å². The van der Waals surface area contributed by atoms with Crippen LogP contribution in [0.25, 0.3) is 0 Å². The van der Waals surface area contributed by atoms with Gasteiger partial charge >= 0.3 is 0 Å². The highest BCUT2D eigenvalue weighted by molar-refractivity contribution is 14.1. The molecule has 0 amide bonds. The maximum atomic E-state index is 12.5. The van der Waals surface area contributed by atoms with Crippen molar-refractivity contribution < 1.29 is 13.5 Å². The fourth-order valence-electron chi connectivity index (χ4n) is 0.827. The van der Waals surface area contributed by atoms with Crippen molar-refractivity contribution in [3.8, 4) is 5.75 Å². The van der Waals surface area contributed by atoms with Gasteiger partial charge in [-0.15, -0.1) is 0 Å². The van der Waals surface area contributed by atoms with Crippen molar-refractivity contribution in [1.29, 1.82) is 0 Å². The third-order valence-electron chi connectivity index (χ3n) is 1.42. The summed E-state index contributed by atoms with van der Waals surface area (Å²) in [5.41, 5.74) is -0.0810. The van der Waals surface area contributed by atoms with Crippen LogP contribution in [0, 0.1) is 7.27 Å². The van der Waals surface area contributed by atoms with E-state index in [1.54, 1.807) is 0 Å². The minimum Gasteiger partial charge on any atom is -0.495 e. The molecule has 0 aliphatic carbocycles. The third kappa shape index (κ3) is 2.39. The summed E-state index contributed by atoms with van der Waals surface area (Å²) in [5, 5.41) is 0. The number of alkyl halides is 2. The molecule has 0 unspecified atom stereocenters. The minimum absolute atomic E-state index is 0.0810. The highest BCUT2D eigenvalue weighted by Gasteiger charge is 2.20. The molecule has 1 rings (SSSR count). The largest absolute Gasteiger partial charge is 0.495 e. The van der Waals surface area contributed by atoms with Gasteiger partial charge in [-0.1, -0.05) is 0 Å². The van der Waals surface area contributed by atoms with Crippen molar-refractivity contribution >= 4 is 45.2 Å². The van der Waals surface area contributed by atoms with Crippen LogP contribution in [0.3, 0.4) is 0 Å². The topological polar surface area (TPSA) is 22.1 Å². The first kappa shape index (κ1) is 11.3.